The molecular weight excluding hydrogens is 204 g/mol. The SMILES string of the molecule is CC(=O)c1ccsc1-c1ccccc1C. The first-order chi connectivity index (χ1) is 7.20. The molecule has 0 atom stereocenters. The van der Waals surface area contributed by atoms with Crippen molar-refractivity contribution < 1.29 is 4.79 Å². The number of aryl methyl sites for hydroxylation is 1. The van der Waals surface area contributed by atoms with Crippen LogP contribution in [0.1, 0.15) is 22.8 Å². The molecule has 0 aliphatic rings. The number of hydrogen-bond acceptors (Lipinski definition) is 2. The Bertz CT molecular complexity index is 497. The van der Waals surface area contributed by atoms with Gasteiger partial charge in [0.05, 0.1) is 0 Å². The Kier molecular flexibility index (Phi) is 2.69. The molecule has 0 unspecified atom stereocenters. The van der Waals surface area contributed by atoms with E-state index < -0.39 is 0 Å². The van der Waals surface area contributed by atoms with Crippen LogP contribution < -0.4 is 0 Å². The van der Waals surface area contributed by atoms with Crippen molar-refractivity contribution in [1.29, 1.82) is 0 Å². The minimum absolute atomic E-state index is 0.134. The molecule has 0 aliphatic carbocycles. The summed E-state index contributed by atoms with van der Waals surface area (Å²) in [4.78, 5) is 12.5. The van der Waals surface area contributed by atoms with Crippen LogP contribution in [-0.4, -0.2) is 5.78 Å². The molecule has 15 heavy (non-hydrogen) atoms. The quantitative estimate of drug-likeness (QED) is 0.695. The maximum atomic E-state index is 11.4. The van der Waals surface area contributed by atoms with E-state index in [9.17, 15) is 4.79 Å². The Morgan fingerprint density at radius 3 is 2.60 bits per heavy atom. The van der Waals surface area contributed by atoms with Crippen molar-refractivity contribution in [2.24, 2.45) is 0 Å². The number of ketones is 1. The van der Waals surface area contributed by atoms with Gasteiger partial charge in [-0.05, 0) is 36.4 Å². The Balaban J connectivity index is 2.59. The molecule has 0 spiro atoms. The average molecular weight is 216 g/mol. The third-order valence-corrected chi connectivity index (χ3v) is 3.38. The third-order valence-electron chi connectivity index (χ3n) is 2.43. The fraction of sp³-hybridized carbons (Fsp3) is 0.154. The summed E-state index contributed by atoms with van der Waals surface area (Å²) in [7, 11) is 0. The van der Waals surface area contributed by atoms with E-state index in [2.05, 4.69) is 19.1 Å². The zero-order valence-electron chi connectivity index (χ0n) is 8.78. The Labute approximate surface area is 93.4 Å². The fourth-order valence-corrected chi connectivity index (χ4v) is 2.66. The van der Waals surface area contributed by atoms with Crippen LogP contribution in [0.5, 0.6) is 0 Å². The van der Waals surface area contributed by atoms with Crippen molar-refractivity contribution in [3.05, 3.63) is 46.8 Å². The number of carbonyl (C=O) groups is 1. The molecule has 1 nitrogen and oxygen atoms in total. The minimum atomic E-state index is 0.134. The van der Waals surface area contributed by atoms with Crippen LogP contribution in [-0.2, 0) is 0 Å². The molecule has 1 aromatic heterocycles. The maximum Gasteiger partial charge on any atom is 0.161 e. The van der Waals surface area contributed by atoms with E-state index in [0.29, 0.717) is 0 Å². The first-order valence-corrected chi connectivity index (χ1v) is 5.72. The van der Waals surface area contributed by atoms with Gasteiger partial charge in [0.1, 0.15) is 0 Å². The molecule has 0 N–H and O–H groups in total. The van der Waals surface area contributed by atoms with Gasteiger partial charge in [-0.3, -0.25) is 4.79 Å². The Hall–Kier alpha value is -1.41. The van der Waals surface area contributed by atoms with Gasteiger partial charge in [0, 0.05) is 10.4 Å². The molecular formula is C13H12OS. The van der Waals surface area contributed by atoms with Crippen LogP contribution in [0.3, 0.4) is 0 Å². The lowest BCUT2D eigenvalue weighted by atomic mass is 10.0. The normalized spacial score (nSPS) is 10.3. The molecule has 1 heterocycles. The van der Waals surface area contributed by atoms with Crippen molar-refractivity contribution in [2.75, 3.05) is 0 Å². The van der Waals surface area contributed by atoms with Crippen molar-refractivity contribution >= 4 is 17.1 Å². The highest BCUT2D eigenvalue weighted by Gasteiger charge is 2.11. The standard InChI is InChI=1S/C13H12OS/c1-9-5-3-4-6-11(9)13-12(10(2)14)7-8-15-13/h3-8H,1-2H3. The predicted molar refractivity (Wildman–Crippen MR) is 64.5 cm³/mol. The van der Waals surface area contributed by atoms with E-state index in [1.165, 1.54) is 5.56 Å². The van der Waals surface area contributed by atoms with Gasteiger partial charge in [-0.2, -0.15) is 0 Å². The van der Waals surface area contributed by atoms with Gasteiger partial charge in [0.25, 0.3) is 0 Å². The van der Waals surface area contributed by atoms with Crippen LogP contribution in [0, 0.1) is 6.92 Å². The van der Waals surface area contributed by atoms with Crippen LogP contribution >= 0.6 is 11.3 Å². The van der Waals surface area contributed by atoms with E-state index in [0.717, 1.165) is 16.0 Å². The highest BCUT2D eigenvalue weighted by atomic mass is 32.1. The molecule has 0 amide bonds. The van der Waals surface area contributed by atoms with Crippen molar-refractivity contribution in [3.63, 3.8) is 0 Å². The smallest absolute Gasteiger partial charge is 0.161 e. The van der Waals surface area contributed by atoms with Gasteiger partial charge >= 0.3 is 0 Å². The van der Waals surface area contributed by atoms with Crippen LogP contribution in [0.15, 0.2) is 35.7 Å². The van der Waals surface area contributed by atoms with Gasteiger partial charge in [0.15, 0.2) is 5.78 Å². The topological polar surface area (TPSA) is 17.1 Å². The van der Waals surface area contributed by atoms with Gasteiger partial charge in [-0.15, -0.1) is 11.3 Å². The molecule has 2 rings (SSSR count). The van der Waals surface area contributed by atoms with Crippen molar-refractivity contribution in [1.82, 2.24) is 0 Å². The van der Waals surface area contributed by atoms with E-state index in [1.54, 1.807) is 18.3 Å². The summed E-state index contributed by atoms with van der Waals surface area (Å²) in [5.74, 6) is 0.134. The van der Waals surface area contributed by atoms with E-state index in [1.807, 2.05) is 23.6 Å². The molecule has 0 aliphatic heterocycles. The number of carbonyl (C=O) groups excluding carboxylic acids is 1. The monoisotopic (exact) mass is 216 g/mol. The van der Waals surface area contributed by atoms with E-state index in [-0.39, 0.29) is 5.78 Å². The lowest BCUT2D eigenvalue weighted by Crippen LogP contribution is -1.92. The molecule has 2 heteroatoms. The van der Waals surface area contributed by atoms with Gasteiger partial charge < -0.3 is 0 Å². The molecule has 0 radical (unpaired) electrons. The van der Waals surface area contributed by atoms with Crippen molar-refractivity contribution in [2.45, 2.75) is 13.8 Å². The molecule has 1 aromatic carbocycles. The number of rotatable bonds is 2. The highest BCUT2D eigenvalue weighted by Crippen LogP contribution is 2.31. The summed E-state index contributed by atoms with van der Waals surface area (Å²) in [5.41, 5.74) is 3.20. The summed E-state index contributed by atoms with van der Waals surface area (Å²) >= 11 is 1.62. The van der Waals surface area contributed by atoms with Gasteiger partial charge in [-0.1, -0.05) is 24.3 Å². The molecule has 0 fully saturated rings. The Morgan fingerprint density at radius 2 is 1.93 bits per heavy atom. The summed E-state index contributed by atoms with van der Waals surface area (Å²) in [6, 6.07) is 10.0. The summed E-state index contributed by atoms with van der Waals surface area (Å²) in [5, 5.41) is 1.97. The molecule has 0 bridgehead atoms. The molecule has 2 aromatic rings. The maximum absolute atomic E-state index is 11.4. The second kappa shape index (κ2) is 3.99. The predicted octanol–water partition coefficient (Wildman–Crippen LogP) is 3.93. The molecule has 76 valence electrons. The van der Waals surface area contributed by atoms with Crippen molar-refractivity contribution in [3.8, 4) is 10.4 Å². The van der Waals surface area contributed by atoms with Crippen LogP contribution in [0.2, 0.25) is 0 Å². The third kappa shape index (κ3) is 1.85. The summed E-state index contributed by atoms with van der Waals surface area (Å²) in [6.45, 7) is 3.68. The number of thiophene rings is 1. The van der Waals surface area contributed by atoms with Crippen LogP contribution in [0.25, 0.3) is 10.4 Å². The van der Waals surface area contributed by atoms with E-state index >= 15 is 0 Å². The molecule has 0 saturated heterocycles. The average Bonchev–Trinajstić information content (AvgIpc) is 2.67. The summed E-state index contributed by atoms with van der Waals surface area (Å²) in [6.07, 6.45) is 0. The number of Topliss-reactive ketones (excluding diaryl/α,β-unsaturated/α-hetero) is 1. The van der Waals surface area contributed by atoms with Gasteiger partial charge in [0.2, 0.25) is 0 Å². The first-order valence-electron chi connectivity index (χ1n) is 4.84. The second-order valence-electron chi connectivity index (χ2n) is 3.53. The zero-order chi connectivity index (χ0) is 10.8. The highest BCUT2D eigenvalue weighted by molar-refractivity contribution is 7.14. The fourth-order valence-electron chi connectivity index (χ4n) is 1.62. The lowest BCUT2D eigenvalue weighted by molar-refractivity contribution is 0.101. The van der Waals surface area contributed by atoms with E-state index in [4.69, 9.17) is 0 Å². The van der Waals surface area contributed by atoms with Crippen LogP contribution in [0.4, 0.5) is 0 Å². The zero-order valence-corrected chi connectivity index (χ0v) is 9.60. The number of benzene rings is 1. The minimum Gasteiger partial charge on any atom is -0.294 e. The first kappa shape index (κ1) is 10.1. The molecule has 0 saturated carbocycles. The number of hydrogen-bond donors (Lipinski definition) is 0. The Morgan fingerprint density at radius 1 is 1.20 bits per heavy atom. The largest absolute Gasteiger partial charge is 0.294 e. The lowest BCUT2D eigenvalue weighted by Gasteiger charge is -2.04. The summed E-state index contributed by atoms with van der Waals surface area (Å²) < 4.78 is 0. The van der Waals surface area contributed by atoms with Gasteiger partial charge in [-0.25, -0.2) is 0 Å². The second-order valence-corrected chi connectivity index (χ2v) is 4.45.